The Kier molecular flexibility index (Phi) is 6.18. The molecule has 228 valence electrons. The molecule has 0 saturated heterocycles. The summed E-state index contributed by atoms with van der Waals surface area (Å²) in [5, 5.41) is 7.05. The Bertz CT molecular complexity index is 2820. The molecule has 8 aromatic carbocycles. The van der Waals surface area contributed by atoms with E-state index in [0.717, 1.165) is 44.3 Å². The van der Waals surface area contributed by atoms with Crippen LogP contribution in [0.15, 0.2) is 176 Å². The Hall–Kier alpha value is -6.58. The second-order valence-electron chi connectivity index (χ2n) is 12.6. The fourth-order valence-electron chi connectivity index (χ4n) is 7.49. The van der Waals surface area contributed by atoms with Crippen LogP contribution < -0.4 is 0 Å². The zero-order chi connectivity index (χ0) is 32.3. The van der Waals surface area contributed by atoms with Gasteiger partial charge < -0.3 is 4.57 Å². The number of para-hydroxylation sites is 2. The molecule has 3 nitrogen and oxygen atoms in total. The van der Waals surface area contributed by atoms with E-state index in [2.05, 4.69) is 174 Å². The lowest BCUT2D eigenvalue weighted by Crippen LogP contribution is -1.96. The third kappa shape index (κ3) is 4.44. The molecule has 0 aliphatic carbocycles. The van der Waals surface area contributed by atoms with Crippen LogP contribution in [0.25, 0.3) is 93.6 Å². The molecule has 0 aliphatic rings. The van der Waals surface area contributed by atoms with Gasteiger partial charge in [-0.05, 0) is 69.4 Å². The van der Waals surface area contributed by atoms with E-state index in [4.69, 9.17) is 9.97 Å². The largest absolute Gasteiger partial charge is 0.309 e. The summed E-state index contributed by atoms with van der Waals surface area (Å²) in [5.74, 6) is 0. The van der Waals surface area contributed by atoms with Crippen LogP contribution in [0.2, 0.25) is 0 Å². The van der Waals surface area contributed by atoms with Crippen LogP contribution in [0.3, 0.4) is 0 Å². The Morgan fingerprint density at radius 3 is 1.49 bits per heavy atom. The first-order valence-electron chi connectivity index (χ1n) is 16.7. The van der Waals surface area contributed by atoms with Crippen molar-refractivity contribution in [3.8, 4) is 39.2 Å². The van der Waals surface area contributed by atoms with Gasteiger partial charge in [0.2, 0.25) is 0 Å². The molecule has 2 heterocycles. The van der Waals surface area contributed by atoms with Crippen LogP contribution >= 0.6 is 0 Å². The van der Waals surface area contributed by atoms with Crippen molar-refractivity contribution in [3.63, 3.8) is 0 Å². The molecular weight excluding hydrogens is 595 g/mol. The summed E-state index contributed by atoms with van der Waals surface area (Å²) in [4.78, 5) is 10.6. The number of rotatable bonds is 4. The second kappa shape index (κ2) is 11.0. The maximum atomic E-state index is 5.44. The molecule has 0 aliphatic heterocycles. The van der Waals surface area contributed by atoms with E-state index >= 15 is 0 Å². The molecule has 0 N–H and O–H groups in total. The number of hydrogen-bond donors (Lipinski definition) is 0. The Morgan fingerprint density at radius 1 is 0.347 bits per heavy atom. The van der Waals surface area contributed by atoms with Gasteiger partial charge in [0.25, 0.3) is 0 Å². The lowest BCUT2D eigenvalue weighted by Gasteiger charge is -2.14. The summed E-state index contributed by atoms with van der Waals surface area (Å²) in [5.41, 5.74) is 11.9. The van der Waals surface area contributed by atoms with Crippen molar-refractivity contribution < 1.29 is 0 Å². The van der Waals surface area contributed by atoms with Crippen molar-refractivity contribution in [3.05, 3.63) is 176 Å². The van der Waals surface area contributed by atoms with Gasteiger partial charge in [-0.1, -0.05) is 133 Å². The van der Waals surface area contributed by atoms with Gasteiger partial charge in [-0.25, -0.2) is 4.98 Å². The minimum Gasteiger partial charge on any atom is -0.309 e. The number of hydrogen-bond acceptors (Lipinski definition) is 2. The summed E-state index contributed by atoms with van der Waals surface area (Å²) in [6.45, 7) is 0. The van der Waals surface area contributed by atoms with Gasteiger partial charge in [0.05, 0.1) is 34.0 Å². The lowest BCUT2D eigenvalue weighted by atomic mass is 9.93. The fraction of sp³-hybridized carbons (Fsp3) is 0. The van der Waals surface area contributed by atoms with E-state index in [1.165, 1.54) is 49.3 Å². The number of aromatic nitrogens is 3. The number of nitrogens with zero attached hydrogens (tertiary/aromatic N) is 3. The molecule has 0 saturated carbocycles. The molecule has 0 amide bonds. The van der Waals surface area contributed by atoms with Crippen molar-refractivity contribution >= 4 is 54.4 Å². The highest BCUT2D eigenvalue weighted by Gasteiger charge is 2.16. The first kappa shape index (κ1) is 27.5. The molecule has 0 spiro atoms. The van der Waals surface area contributed by atoms with Crippen LogP contribution in [-0.4, -0.2) is 14.5 Å². The van der Waals surface area contributed by atoms with Crippen molar-refractivity contribution in [1.29, 1.82) is 0 Å². The van der Waals surface area contributed by atoms with Crippen molar-refractivity contribution in [2.45, 2.75) is 0 Å². The topological polar surface area (TPSA) is 30.7 Å². The SMILES string of the molecule is c1ccc(-c2ccc3c4ccc(-c5ccccc5)cc4c4nc(-c5cccc(-n6c7ccccc7c7ccccc76)c5)cnc4c3c2)cc1. The second-order valence-corrected chi connectivity index (χ2v) is 12.6. The minimum atomic E-state index is 0.847. The molecule has 0 radical (unpaired) electrons. The first-order chi connectivity index (χ1) is 24.3. The van der Waals surface area contributed by atoms with Crippen molar-refractivity contribution in [2.75, 3.05) is 0 Å². The average Bonchev–Trinajstić information content (AvgIpc) is 3.52. The summed E-state index contributed by atoms with van der Waals surface area (Å²) in [6, 6.07) is 60.5. The number of benzene rings is 8. The van der Waals surface area contributed by atoms with E-state index < -0.39 is 0 Å². The zero-order valence-electron chi connectivity index (χ0n) is 26.6. The minimum absolute atomic E-state index is 0.847. The third-order valence-corrected chi connectivity index (χ3v) is 9.81. The number of fused-ring (bicyclic) bond motifs is 9. The predicted molar refractivity (Wildman–Crippen MR) is 205 cm³/mol. The molecule has 0 unspecified atom stereocenters. The zero-order valence-corrected chi connectivity index (χ0v) is 26.6. The van der Waals surface area contributed by atoms with Crippen LogP contribution in [0.5, 0.6) is 0 Å². The average molecular weight is 624 g/mol. The third-order valence-electron chi connectivity index (χ3n) is 9.81. The van der Waals surface area contributed by atoms with E-state index in [0.29, 0.717) is 0 Å². The van der Waals surface area contributed by atoms with Crippen LogP contribution in [0.1, 0.15) is 0 Å². The Balaban J connectivity index is 1.22. The predicted octanol–water partition coefficient (Wildman–Crippen LogP) is 12.0. The van der Waals surface area contributed by atoms with Crippen molar-refractivity contribution in [2.24, 2.45) is 0 Å². The fourth-order valence-corrected chi connectivity index (χ4v) is 7.49. The van der Waals surface area contributed by atoms with E-state index in [1.54, 1.807) is 0 Å². The summed E-state index contributed by atoms with van der Waals surface area (Å²) >= 11 is 0. The summed E-state index contributed by atoms with van der Waals surface area (Å²) < 4.78 is 2.35. The highest BCUT2D eigenvalue weighted by Crippen LogP contribution is 2.39. The quantitative estimate of drug-likeness (QED) is 0.183. The molecular formula is C46H29N3. The standard InChI is InChI=1S/C46H29N3/c1-3-12-30(13-4-1)32-22-24-36-37-25-23-33(31-14-5-2-6-15-31)28-41(37)46-45(40(36)27-32)47-29-42(48-46)34-16-11-17-35(26-34)49-43-20-9-7-18-38(43)39-19-8-10-21-44(39)49/h1-29H. The summed E-state index contributed by atoms with van der Waals surface area (Å²) in [6.07, 6.45) is 1.94. The first-order valence-corrected chi connectivity index (χ1v) is 16.7. The van der Waals surface area contributed by atoms with Gasteiger partial charge in [0.15, 0.2) is 0 Å². The van der Waals surface area contributed by atoms with Gasteiger partial charge in [0.1, 0.15) is 0 Å². The smallest absolute Gasteiger partial charge is 0.0979 e. The maximum absolute atomic E-state index is 5.44. The Labute approximate surface area is 283 Å². The molecule has 0 bridgehead atoms. The van der Waals surface area contributed by atoms with Crippen LogP contribution in [0, 0.1) is 0 Å². The van der Waals surface area contributed by atoms with Gasteiger partial charge in [-0.15, -0.1) is 0 Å². The van der Waals surface area contributed by atoms with Crippen molar-refractivity contribution in [1.82, 2.24) is 14.5 Å². The van der Waals surface area contributed by atoms with E-state index in [1.807, 2.05) is 6.20 Å². The van der Waals surface area contributed by atoms with E-state index in [-0.39, 0.29) is 0 Å². The van der Waals surface area contributed by atoms with Gasteiger partial charge in [0, 0.05) is 32.8 Å². The van der Waals surface area contributed by atoms with Crippen LogP contribution in [-0.2, 0) is 0 Å². The Morgan fingerprint density at radius 2 is 0.878 bits per heavy atom. The molecule has 10 rings (SSSR count). The molecule has 0 atom stereocenters. The van der Waals surface area contributed by atoms with Gasteiger partial charge in [-0.3, -0.25) is 4.98 Å². The molecule has 49 heavy (non-hydrogen) atoms. The molecule has 10 aromatic rings. The highest BCUT2D eigenvalue weighted by molar-refractivity contribution is 6.24. The summed E-state index contributed by atoms with van der Waals surface area (Å²) in [7, 11) is 0. The highest BCUT2D eigenvalue weighted by atomic mass is 15.0. The molecule has 2 aromatic heterocycles. The van der Waals surface area contributed by atoms with E-state index in [9.17, 15) is 0 Å². The van der Waals surface area contributed by atoms with Gasteiger partial charge in [-0.2, -0.15) is 0 Å². The lowest BCUT2D eigenvalue weighted by molar-refractivity contribution is 1.18. The maximum Gasteiger partial charge on any atom is 0.0979 e. The van der Waals surface area contributed by atoms with Gasteiger partial charge >= 0.3 is 0 Å². The monoisotopic (exact) mass is 623 g/mol. The molecule has 0 fully saturated rings. The normalized spacial score (nSPS) is 11.7. The van der Waals surface area contributed by atoms with Crippen LogP contribution in [0.4, 0.5) is 0 Å². The molecule has 3 heteroatoms.